The number of carbonyl (C=O) groups is 2. The van der Waals surface area contributed by atoms with Gasteiger partial charge in [-0.2, -0.15) is 5.26 Å². The number of aromatic amines is 1. The van der Waals surface area contributed by atoms with Crippen LogP contribution < -0.4 is 15.0 Å². The molecular weight excluding hydrogens is 470 g/mol. The van der Waals surface area contributed by atoms with Crippen molar-refractivity contribution in [2.24, 2.45) is 5.92 Å². The van der Waals surface area contributed by atoms with Crippen LogP contribution in [-0.2, 0) is 0 Å². The first kappa shape index (κ1) is 24.4. The van der Waals surface area contributed by atoms with Gasteiger partial charge in [0.25, 0.3) is 0 Å². The van der Waals surface area contributed by atoms with Crippen LogP contribution in [0.3, 0.4) is 0 Å². The molecule has 0 bridgehead atoms. The van der Waals surface area contributed by atoms with E-state index in [4.69, 9.17) is 10.00 Å². The lowest BCUT2D eigenvalue weighted by molar-refractivity contribution is 0.183. The second-order valence-electron chi connectivity index (χ2n) is 9.84. The second kappa shape index (κ2) is 10.8. The van der Waals surface area contributed by atoms with Crippen LogP contribution >= 0.6 is 0 Å². The number of hydrogen-bond donors (Lipinski definition) is 2. The van der Waals surface area contributed by atoms with Gasteiger partial charge in [0.2, 0.25) is 5.88 Å². The first-order chi connectivity index (χ1) is 18.0. The van der Waals surface area contributed by atoms with Crippen molar-refractivity contribution < 1.29 is 14.3 Å². The Balaban J connectivity index is 1.30. The molecule has 2 N–H and O–H groups in total. The molecule has 2 fully saturated rings. The van der Waals surface area contributed by atoms with E-state index in [9.17, 15) is 9.59 Å². The van der Waals surface area contributed by atoms with Crippen molar-refractivity contribution in [3.05, 3.63) is 60.3 Å². The van der Waals surface area contributed by atoms with E-state index in [0.29, 0.717) is 36.2 Å². The van der Waals surface area contributed by atoms with Crippen molar-refractivity contribution in [3.8, 4) is 11.9 Å². The van der Waals surface area contributed by atoms with Crippen LogP contribution in [0.15, 0.2) is 49.2 Å². The molecule has 2 aliphatic heterocycles. The fourth-order valence-electron chi connectivity index (χ4n) is 5.09. The number of aromatic nitrogens is 3. The first-order valence-electron chi connectivity index (χ1n) is 12.7. The predicted octanol–water partition coefficient (Wildman–Crippen LogP) is 4.78. The maximum absolute atomic E-state index is 12.7. The number of nitrogens with one attached hydrogen (secondary N) is 2. The number of carbonyl (C=O) groups excluding carboxylic acids is 2. The van der Waals surface area contributed by atoms with Gasteiger partial charge in [0, 0.05) is 50.8 Å². The Kier molecular flexibility index (Phi) is 7.12. The summed E-state index contributed by atoms with van der Waals surface area (Å²) in [6.45, 7) is 5.49. The van der Waals surface area contributed by atoms with Crippen LogP contribution in [0.2, 0.25) is 0 Å². The second-order valence-corrected chi connectivity index (χ2v) is 9.84. The van der Waals surface area contributed by atoms with E-state index in [1.54, 1.807) is 12.4 Å². The number of ether oxygens (including phenoxy) is 1. The van der Waals surface area contributed by atoms with Gasteiger partial charge in [-0.1, -0.05) is 13.0 Å². The molecule has 2 aliphatic rings. The van der Waals surface area contributed by atoms with Crippen LogP contribution in [-0.4, -0.2) is 57.7 Å². The number of H-pyrrole nitrogens is 1. The minimum Gasteiger partial charge on any atom is -0.393 e. The van der Waals surface area contributed by atoms with Crippen LogP contribution in [0, 0.1) is 17.2 Å². The molecule has 0 unspecified atom stereocenters. The number of anilines is 2. The van der Waals surface area contributed by atoms with Crippen molar-refractivity contribution in [1.29, 1.82) is 5.26 Å². The number of rotatable bonds is 4. The molecule has 37 heavy (non-hydrogen) atoms. The monoisotopic (exact) mass is 501 g/mol. The van der Waals surface area contributed by atoms with Gasteiger partial charge in [-0.15, -0.1) is 0 Å². The number of nitriles is 1. The molecular formula is C27H31N7O3. The van der Waals surface area contributed by atoms with E-state index < -0.39 is 6.09 Å². The van der Waals surface area contributed by atoms with Gasteiger partial charge in [0.1, 0.15) is 12.4 Å². The van der Waals surface area contributed by atoms with Crippen molar-refractivity contribution in [3.63, 3.8) is 0 Å². The van der Waals surface area contributed by atoms with Crippen molar-refractivity contribution in [2.75, 3.05) is 36.4 Å². The Bertz CT molecular complexity index is 1280. The van der Waals surface area contributed by atoms with Gasteiger partial charge in [-0.05, 0) is 55.2 Å². The van der Waals surface area contributed by atoms with E-state index in [1.165, 1.54) is 28.7 Å². The molecule has 2 amide bonds. The number of amides is 2. The zero-order valence-corrected chi connectivity index (χ0v) is 20.9. The third kappa shape index (κ3) is 5.61. The predicted molar refractivity (Wildman–Crippen MR) is 139 cm³/mol. The number of nitrogens with zero attached hydrogens (tertiary/aromatic N) is 5. The smallest absolute Gasteiger partial charge is 0.393 e. The average molecular weight is 502 g/mol. The molecule has 2 aromatic heterocycles. The van der Waals surface area contributed by atoms with Gasteiger partial charge in [-0.25, -0.2) is 14.6 Å². The van der Waals surface area contributed by atoms with Crippen molar-refractivity contribution in [2.45, 2.75) is 38.5 Å². The molecule has 10 nitrogen and oxygen atoms in total. The Morgan fingerprint density at radius 1 is 1.14 bits per heavy atom. The minimum atomic E-state index is -0.614. The summed E-state index contributed by atoms with van der Waals surface area (Å²) in [6, 6.07) is 9.64. The average Bonchev–Trinajstić information content (AvgIpc) is 3.62. The van der Waals surface area contributed by atoms with E-state index in [2.05, 4.69) is 39.2 Å². The molecule has 10 heteroatoms. The maximum atomic E-state index is 12.7. The zero-order valence-electron chi connectivity index (χ0n) is 20.9. The molecule has 0 aliphatic carbocycles. The summed E-state index contributed by atoms with van der Waals surface area (Å²) in [6.07, 6.45) is 9.65. The maximum Gasteiger partial charge on any atom is 0.418 e. The summed E-state index contributed by atoms with van der Waals surface area (Å²) in [7, 11) is 0. The summed E-state index contributed by atoms with van der Waals surface area (Å²) in [5.74, 6) is 1.23. The molecule has 192 valence electrons. The number of benzene rings is 1. The topological polar surface area (TPSA) is 119 Å². The largest absolute Gasteiger partial charge is 0.418 e. The van der Waals surface area contributed by atoms with Crippen molar-refractivity contribution in [1.82, 2.24) is 19.4 Å². The standard InChI is InChI=1S/C27H31N7O3/c1-19-4-9-32(10-5-19)24-15-22(21-6-11-33(12-7-21)27(36)34-13-8-29-18-34)2-3-23(24)31-26(35)37-25-14-20(16-28)17-30-25/h2-3,8,13-15,17-19,21,30H,4-7,9-12H2,1H3,(H,31,35). The quantitative estimate of drug-likeness (QED) is 0.531. The number of piperidine rings is 2. The van der Waals surface area contributed by atoms with Gasteiger partial charge >= 0.3 is 12.1 Å². The number of likely N-dealkylation sites (tertiary alicyclic amines) is 1. The first-order valence-corrected chi connectivity index (χ1v) is 12.7. The van der Waals surface area contributed by atoms with Crippen LogP contribution in [0.25, 0.3) is 0 Å². The summed E-state index contributed by atoms with van der Waals surface area (Å²) in [5, 5.41) is 11.9. The molecule has 0 saturated carbocycles. The fraction of sp³-hybridized carbons (Fsp3) is 0.407. The van der Waals surface area contributed by atoms with Crippen LogP contribution in [0.4, 0.5) is 21.0 Å². The number of hydrogen-bond acceptors (Lipinski definition) is 6. The lowest BCUT2D eigenvalue weighted by Gasteiger charge is -2.35. The molecule has 4 heterocycles. The fourth-order valence-corrected chi connectivity index (χ4v) is 5.09. The zero-order chi connectivity index (χ0) is 25.8. The van der Waals surface area contributed by atoms with E-state index in [0.717, 1.165) is 44.5 Å². The molecule has 2 saturated heterocycles. The molecule has 1 aromatic carbocycles. The Hall–Kier alpha value is -4.26. The molecule has 0 radical (unpaired) electrons. The van der Waals surface area contributed by atoms with E-state index >= 15 is 0 Å². The lowest BCUT2D eigenvalue weighted by atomic mass is 9.88. The van der Waals surface area contributed by atoms with Gasteiger partial charge in [0.05, 0.1) is 16.9 Å². The molecule has 0 atom stereocenters. The highest BCUT2D eigenvalue weighted by Crippen LogP contribution is 2.36. The normalized spacial score (nSPS) is 16.9. The van der Waals surface area contributed by atoms with E-state index in [-0.39, 0.29) is 11.9 Å². The summed E-state index contributed by atoms with van der Waals surface area (Å²) in [5.41, 5.74) is 3.30. The minimum absolute atomic E-state index is 0.0407. The van der Waals surface area contributed by atoms with Gasteiger partial charge in [0.15, 0.2) is 0 Å². The Morgan fingerprint density at radius 2 is 1.92 bits per heavy atom. The summed E-state index contributed by atoms with van der Waals surface area (Å²) >= 11 is 0. The SMILES string of the molecule is CC1CCN(c2cc(C3CCN(C(=O)n4ccnc4)CC3)ccc2NC(=O)Oc2cc(C#N)c[nH]2)CC1. The third-order valence-corrected chi connectivity index (χ3v) is 7.33. The molecule has 5 rings (SSSR count). The molecule has 3 aromatic rings. The van der Waals surface area contributed by atoms with Crippen LogP contribution in [0.5, 0.6) is 5.88 Å². The van der Waals surface area contributed by atoms with E-state index in [1.807, 2.05) is 17.0 Å². The van der Waals surface area contributed by atoms with Gasteiger partial charge in [-0.3, -0.25) is 9.88 Å². The highest BCUT2D eigenvalue weighted by atomic mass is 16.6. The summed E-state index contributed by atoms with van der Waals surface area (Å²) in [4.78, 5) is 36.3. The Labute approximate surface area is 215 Å². The lowest BCUT2D eigenvalue weighted by Crippen LogP contribution is -2.40. The highest BCUT2D eigenvalue weighted by molar-refractivity contribution is 5.91. The Morgan fingerprint density at radius 3 is 2.59 bits per heavy atom. The number of imidazole rings is 1. The third-order valence-electron chi connectivity index (χ3n) is 7.33. The summed E-state index contributed by atoms with van der Waals surface area (Å²) < 4.78 is 6.87. The van der Waals surface area contributed by atoms with Gasteiger partial charge < -0.3 is 19.5 Å². The van der Waals surface area contributed by atoms with Crippen LogP contribution in [0.1, 0.15) is 49.7 Å². The van der Waals surface area contributed by atoms with Crippen molar-refractivity contribution >= 4 is 23.5 Å². The molecule has 0 spiro atoms. The highest BCUT2D eigenvalue weighted by Gasteiger charge is 2.27.